The summed E-state index contributed by atoms with van der Waals surface area (Å²) in [6.07, 6.45) is 0. The van der Waals surface area contributed by atoms with Gasteiger partial charge >= 0.3 is 11.9 Å². The Morgan fingerprint density at radius 1 is 1.24 bits per heavy atom. The molecule has 6 nitrogen and oxygen atoms in total. The van der Waals surface area contributed by atoms with Crippen molar-refractivity contribution in [2.45, 2.75) is 33.4 Å². The number of carboxylic acids is 1. The molecular formula is C15H21NO5. The number of carbonyl (C=O) groups is 2. The van der Waals surface area contributed by atoms with Gasteiger partial charge in [0.25, 0.3) is 0 Å². The number of carbonyl (C=O) groups excluding carboxylic acids is 1. The quantitative estimate of drug-likeness (QED) is 0.772. The Bertz CT molecular complexity index is 481. The standard InChI is InChI=1S/C15H21NO5/c1-15(2,3)14(20)21-16(12(10-17)13(18)19)9-11-7-5-4-6-8-11/h4-8,12,17H,9-10H2,1-3H3,(H,18,19)/t12-/m1/s1. The van der Waals surface area contributed by atoms with Crippen LogP contribution in [-0.2, 0) is 21.0 Å². The van der Waals surface area contributed by atoms with Crippen LogP contribution >= 0.6 is 0 Å². The number of nitrogens with zero attached hydrogens (tertiary/aromatic N) is 1. The monoisotopic (exact) mass is 295 g/mol. The Hall–Kier alpha value is -1.92. The fraction of sp³-hybridized carbons (Fsp3) is 0.467. The minimum atomic E-state index is -1.31. The van der Waals surface area contributed by atoms with Crippen molar-refractivity contribution >= 4 is 11.9 Å². The second-order valence-corrected chi connectivity index (χ2v) is 5.73. The number of hydrogen-bond donors (Lipinski definition) is 2. The molecule has 0 saturated carbocycles. The molecule has 1 aromatic rings. The van der Waals surface area contributed by atoms with Crippen LogP contribution in [0.15, 0.2) is 30.3 Å². The van der Waals surface area contributed by atoms with Crippen molar-refractivity contribution in [1.29, 1.82) is 0 Å². The van der Waals surface area contributed by atoms with Crippen molar-refractivity contribution in [2.75, 3.05) is 6.61 Å². The third kappa shape index (κ3) is 5.17. The first-order chi connectivity index (χ1) is 9.75. The number of hydroxylamine groups is 2. The van der Waals surface area contributed by atoms with E-state index in [2.05, 4.69) is 0 Å². The zero-order chi connectivity index (χ0) is 16.0. The number of rotatable bonds is 6. The Morgan fingerprint density at radius 2 is 1.81 bits per heavy atom. The number of aliphatic carboxylic acids is 1. The molecule has 116 valence electrons. The van der Waals surface area contributed by atoms with Crippen LogP contribution in [0.3, 0.4) is 0 Å². The lowest BCUT2D eigenvalue weighted by Crippen LogP contribution is -2.46. The maximum atomic E-state index is 12.0. The average molecular weight is 295 g/mol. The first-order valence-electron chi connectivity index (χ1n) is 6.62. The molecule has 0 spiro atoms. The van der Waals surface area contributed by atoms with E-state index in [0.29, 0.717) is 0 Å². The summed E-state index contributed by atoms with van der Waals surface area (Å²) in [5.74, 6) is -1.81. The predicted octanol–water partition coefficient (Wildman–Crippen LogP) is 1.44. The first kappa shape index (κ1) is 17.1. The molecule has 2 N–H and O–H groups in total. The number of aliphatic hydroxyl groups excluding tert-OH is 1. The molecule has 0 heterocycles. The molecule has 6 heteroatoms. The third-order valence-corrected chi connectivity index (χ3v) is 2.80. The number of benzene rings is 1. The van der Waals surface area contributed by atoms with E-state index in [1.807, 2.05) is 6.07 Å². The minimum Gasteiger partial charge on any atom is -0.480 e. The molecule has 0 bridgehead atoms. The summed E-state index contributed by atoms with van der Waals surface area (Å²) in [6.45, 7) is 4.44. The Balaban J connectivity index is 2.94. The van der Waals surface area contributed by atoms with Crippen molar-refractivity contribution < 1.29 is 24.6 Å². The average Bonchev–Trinajstić information content (AvgIpc) is 2.39. The maximum Gasteiger partial charge on any atom is 0.330 e. The maximum absolute atomic E-state index is 12.0. The molecule has 1 atom stereocenters. The van der Waals surface area contributed by atoms with Gasteiger partial charge in [-0.25, -0.2) is 4.79 Å². The largest absolute Gasteiger partial charge is 0.480 e. The molecule has 0 radical (unpaired) electrons. The lowest BCUT2D eigenvalue weighted by molar-refractivity contribution is -0.221. The molecule has 0 aliphatic rings. The minimum absolute atomic E-state index is 0.0835. The van der Waals surface area contributed by atoms with E-state index in [0.717, 1.165) is 10.6 Å². The molecule has 0 amide bonds. The van der Waals surface area contributed by atoms with Gasteiger partial charge in [-0.1, -0.05) is 30.3 Å². The van der Waals surface area contributed by atoms with Gasteiger partial charge in [0.15, 0.2) is 6.04 Å². The van der Waals surface area contributed by atoms with Gasteiger partial charge in [0.05, 0.1) is 18.6 Å². The van der Waals surface area contributed by atoms with Crippen LogP contribution in [0.25, 0.3) is 0 Å². The molecule has 0 unspecified atom stereocenters. The van der Waals surface area contributed by atoms with Crippen LogP contribution in [0.4, 0.5) is 0 Å². The summed E-state index contributed by atoms with van der Waals surface area (Å²) in [7, 11) is 0. The Morgan fingerprint density at radius 3 is 2.24 bits per heavy atom. The molecule has 0 aliphatic heterocycles. The molecule has 0 aromatic heterocycles. The molecular weight excluding hydrogens is 274 g/mol. The van der Waals surface area contributed by atoms with Crippen LogP contribution < -0.4 is 0 Å². The van der Waals surface area contributed by atoms with E-state index in [9.17, 15) is 14.7 Å². The van der Waals surface area contributed by atoms with Crippen molar-refractivity contribution in [3.05, 3.63) is 35.9 Å². The van der Waals surface area contributed by atoms with E-state index >= 15 is 0 Å². The van der Waals surface area contributed by atoms with E-state index in [-0.39, 0.29) is 6.54 Å². The zero-order valence-corrected chi connectivity index (χ0v) is 12.4. The molecule has 0 fully saturated rings. The third-order valence-electron chi connectivity index (χ3n) is 2.80. The van der Waals surface area contributed by atoms with E-state index in [1.54, 1.807) is 45.0 Å². The van der Waals surface area contributed by atoms with Crippen molar-refractivity contribution in [3.63, 3.8) is 0 Å². The summed E-state index contributed by atoms with van der Waals surface area (Å²) in [6, 6.07) is 7.69. The summed E-state index contributed by atoms with van der Waals surface area (Å²) < 4.78 is 0. The predicted molar refractivity (Wildman–Crippen MR) is 76.0 cm³/mol. The summed E-state index contributed by atoms with van der Waals surface area (Å²) >= 11 is 0. The van der Waals surface area contributed by atoms with Gasteiger partial charge in [-0.05, 0) is 26.3 Å². The van der Waals surface area contributed by atoms with Crippen molar-refractivity contribution in [3.8, 4) is 0 Å². The van der Waals surface area contributed by atoms with Gasteiger partial charge < -0.3 is 15.1 Å². The smallest absolute Gasteiger partial charge is 0.330 e. The number of carboxylic acid groups (broad SMARTS) is 1. The molecule has 0 saturated heterocycles. The van der Waals surface area contributed by atoms with Crippen LogP contribution in [0, 0.1) is 5.41 Å². The highest BCUT2D eigenvalue weighted by Gasteiger charge is 2.32. The van der Waals surface area contributed by atoms with Crippen LogP contribution in [0.1, 0.15) is 26.3 Å². The Labute approximate surface area is 123 Å². The van der Waals surface area contributed by atoms with Crippen LogP contribution in [-0.4, -0.2) is 39.9 Å². The summed E-state index contributed by atoms with van der Waals surface area (Å²) in [5.41, 5.74) is 0.00638. The number of hydrogen-bond acceptors (Lipinski definition) is 5. The molecule has 21 heavy (non-hydrogen) atoms. The van der Waals surface area contributed by atoms with Gasteiger partial charge in [0.2, 0.25) is 0 Å². The topological polar surface area (TPSA) is 87.1 Å². The van der Waals surface area contributed by atoms with Gasteiger partial charge in [0, 0.05) is 0 Å². The van der Waals surface area contributed by atoms with Crippen molar-refractivity contribution in [2.24, 2.45) is 5.41 Å². The number of aliphatic hydroxyl groups is 1. The van der Waals surface area contributed by atoms with E-state index < -0.39 is 30.0 Å². The SMILES string of the molecule is CC(C)(C)C(=O)ON(Cc1ccccc1)[C@H](CO)C(=O)O. The second-order valence-electron chi connectivity index (χ2n) is 5.73. The van der Waals surface area contributed by atoms with Crippen LogP contribution in [0.2, 0.25) is 0 Å². The highest BCUT2D eigenvalue weighted by Crippen LogP contribution is 2.18. The summed E-state index contributed by atoms with van der Waals surface area (Å²) in [5, 5.41) is 19.4. The molecule has 1 aromatic carbocycles. The second kappa shape index (κ2) is 7.19. The fourth-order valence-electron chi connectivity index (χ4n) is 1.51. The zero-order valence-electron chi connectivity index (χ0n) is 12.4. The van der Waals surface area contributed by atoms with E-state index in [4.69, 9.17) is 9.94 Å². The highest BCUT2D eigenvalue weighted by atomic mass is 16.7. The molecule has 1 rings (SSSR count). The first-order valence-corrected chi connectivity index (χ1v) is 6.62. The highest BCUT2D eigenvalue weighted by molar-refractivity contribution is 5.76. The van der Waals surface area contributed by atoms with Gasteiger partial charge in [-0.15, -0.1) is 5.06 Å². The van der Waals surface area contributed by atoms with Crippen molar-refractivity contribution in [1.82, 2.24) is 5.06 Å². The van der Waals surface area contributed by atoms with Gasteiger partial charge in [-0.3, -0.25) is 4.79 Å². The molecule has 0 aliphatic carbocycles. The normalized spacial score (nSPS) is 13.0. The summed E-state index contributed by atoms with van der Waals surface area (Å²) in [4.78, 5) is 28.4. The van der Waals surface area contributed by atoms with Gasteiger partial charge in [0.1, 0.15) is 0 Å². The van der Waals surface area contributed by atoms with Crippen LogP contribution in [0.5, 0.6) is 0 Å². The lowest BCUT2D eigenvalue weighted by atomic mass is 9.98. The van der Waals surface area contributed by atoms with E-state index in [1.165, 1.54) is 0 Å². The fourth-order valence-corrected chi connectivity index (χ4v) is 1.51. The lowest BCUT2D eigenvalue weighted by Gasteiger charge is -2.29. The van der Waals surface area contributed by atoms with Gasteiger partial charge in [-0.2, -0.15) is 0 Å². The Kier molecular flexibility index (Phi) is 5.87.